The van der Waals surface area contributed by atoms with E-state index in [9.17, 15) is 4.79 Å². The number of anilines is 2. The van der Waals surface area contributed by atoms with Crippen molar-refractivity contribution in [1.82, 2.24) is 10.3 Å². The molecule has 2 aromatic rings. The van der Waals surface area contributed by atoms with Crippen molar-refractivity contribution in [2.24, 2.45) is 0 Å². The number of hydrogen-bond donors (Lipinski definition) is 2. The molecular weight excluding hydrogens is 343 g/mol. The van der Waals surface area contributed by atoms with Crippen LogP contribution in [-0.4, -0.2) is 37.1 Å². The van der Waals surface area contributed by atoms with Crippen LogP contribution in [0.4, 0.5) is 11.5 Å². The van der Waals surface area contributed by atoms with Crippen molar-refractivity contribution in [1.29, 1.82) is 0 Å². The normalized spacial score (nSPS) is 14.9. The molecule has 1 aliphatic heterocycles. The van der Waals surface area contributed by atoms with Crippen molar-refractivity contribution < 1.29 is 4.79 Å². The average Bonchev–Trinajstić information content (AvgIpc) is 2.88. The fourth-order valence-corrected chi connectivity index (χ4v) is 3.71. The number of carbonyl (C=O) groups is 1. The number of halogens is 2. The van der Waals surface area contributed by atoms with E-state index in [1.165, 1.54) is 11.3 Å². The number of aromatic nitrogens is 1. The van der Waals surface area contributed by atoms with Crippen LogP contribution in [0.15, 0.2) is 24.4 Å². The van der Waals surface area contributed by atoms with E-state index in [0.29, 0.717) is 20.1 Å². The maximum absolute atomic E-state index is 12.1. The van der Waals surface area contributed by atoms with E-state index >= 15 is 0 Å². The zero-order chi connectivity index (χ0) is 15.5. The number of carbonyl (C=O) groups excluding carboxylic acids is 1. The van der Waals surface area contributed by atoms with Gasteiger partial charge in [-0.15, -0.1) is 11.3 Å². The van der Waals surface area contributed by atoms with Crippen molar-refractivity contribution in [2.45, 2.75) is 0 Å². The van der Waals surface area contributed by atoms with Crippen LogP contribution in [0, 0.1) is 0 Å². The highest BCUT2D eigenvalue weighted by atomic mass is 35.5. The van der Waals surface area contributed by atoms with E-state index in [2.05, 4.69) is 20.5 Å². The minimum atomic E-state index is -0.310. The van der Waals surface area contributed by atoms with E-state index in [1.54, 1.807) is 18.3 Å². The first-order chi connectivity index (χ1) is 10.6. The lowest BCUT2D eigenvalue weighted by atomic mass is 10.3. The molecule has 1 fully saturated rings. The van der Waals surface area contributed by atoms with Gasteiger partial charge in [-0.05, 0) is 18.2 Å². The smallest absolute Gasteiger partial charge is 0.259 e. The number of piperazine rings is 1. The third kappa shape index (κ3) is 3.52. The van der Waals surface area contributed by atoms with Crippen LogP contribution in [0.1, 0.15) is 10.4 Å². The molecule has 1 amide bonds. The van der Waals surface area contributed by atoms with E-state index in [4.69, 9.17) is 23.2 Å². The molecule has 1 aliphatic rings. The molecule has 1 saturated heterocycles. The third-order valence-electron chi connectivity index (χ3n) is 3.37. The molecule has 0 aromatic carbocycles. The largest absolute Gasteiger partial charge is 0.368 e. The molecule has 0 radical (unpaired) electrons. The Balaban J connectivity index is 1.68. The van der Waals surface area contributed by atoms with Gasteiger partial charge in [-0.3, -0.25) is 4.79 Å². The lowest BCUT2D eigenvalue weighted by Crippen LogP contribution is -2.43. The van der Waals surface area contributed by atoms with Gasteiger partial charge in [0, 0.05) is 26.2 Å². The summed E-state index contributed by atoms with van der Waals surface area (Å²) in [5, 5.41) is 6.03. The fraction of sp³-hybridized carbons (Fsp3) is 0.286. The molecule has 0 spiro atoms. The summed E-state index contributed by atoms with van der Waals surface area (Å²) in [5.41, 5.74) is 1.42. The van der Waals surface area contributed by atoms with E-state index in [0.717, 1.165) is 31.9 Å². The second kappa shape index (κ2) is 6.83. The molecule has 116 valence electrons. The van der Waals surface area contributed by atoms with Gasteiger partial charge in [-0.1, -0.05) is 23.2 Å². The average molecular weight is 357 g/mol. The van der Waals surface area contributed by atoms with Crippen LogP contribution in [0.5, 0.6) is 0 Å². The van der Waals surface area contributed by atoms with E-state index < -0.39 is 0 Å². The van der Waals surface area contributed by atoms with Crippen LogP contribution >= 0.6 is 34.5 Å². The summed E-state index contributed by atoms with van der Waals surface area (Å²) in [6, 6.07) is 5.30. The van der Waals surface area contributed by atoms with Gasteiger partial charge in [-0.2, -0.15) is 0 Å². The van der Waals surface area contributed by atoms with Gasteiger partial charge in [0.25, 0.3) is 5.91 Å². The SMILES string of the molecule is O=C(Nc1ccc(N2CCNCC2)cn1)c1cc(Cl)sc1Cl. The molecule has 0 unspecified atom stereocenters. The van der Waals surface area contributed by atoms with Crippen LogP contribution in [0.3, 0.4) is 0 Å². The van der Waals surface area contributed by atoms with Gasteiger partial charge in [0.2, 0.25) is 0 Å². The Morgan fingerprint density at radius 3 is 2.68 bits per heavy atom. The second-order valence-electron chi connectivity index (χ2n) is 4.83. The lowest BCUT2D eigenvalue weighted by Gasteiger charge is -2.29. The summed E-state index contributed by atoms with van der Waals surface area (Å²) in [4.78, 5) is 18.7. The van der Waals surface area contributed by atoms with Gasteiger partial charge < -0.3 is 15.5 Å². The molecule has 2 N–H and O–H groups in total. The number of pyridine rings is 1. The number of thiophene rings is 1. The van der Waals surface area contributed by atoms with E-state index in [1.807, 2.05) is 6.07 Å². The van der Waals surface area contributed by atoms with Crippen LogP contribution in [-0.2, 0) is 0 Å². The first-order valence-corrected chi connectivity index (χ1v) is 8.38. The molecule has 3 heterocycles. The van der Waals surface area contributed by atoms with Crippen molar-refractivity contribution >= 4 is 52.0 Å². The quantitative estimate of drug-likeness (QED) is 0.886. The molecule has 3 rings (SSSR count). The highest BCUT2D eigenvalue weighted by molar-refractivity contribution is 7.20. The van der Waals surface area contributed by atoms with E-state index in [-0.39, 0.29) is 5.91 Å². The number of nitrogens with zero attached hydrogens (tertiary/aromatic N) is 2. The fourth-order valence-electron chi connectivity index (χ4n) is 2.25. The van der Waals surface area contributed by atoms with Crippen molar-refractivity contribution in [3.8, 4) is 0 Å². The first kappa shape index (κ1) is 15.6. The summed E-state index contributed by atoms with van der Waals surface area (Å²) in [6.07, 6.45) is 1.77. The predicted molar refractivity (Wildman–Crippen MR) is 91.6 cm³/mol. The van der Waals surface area contributed by atoms with Crippen LogP contribution in [0.2, 0.25) is 8.67 Å². The molecule has 0 aliphatic carbocycles. The molecule has 8 heteroatoms. The maximum atomic E-state index is 12.1. The minimum absolute atomic E-state index is 0.310. The molecule has 5 nitrogen and oxygen atoms in total. The van der Waals surface area contributed by atoms with Crippen LogP contribution < -0.4 is 15.5 Å². The van der Waals surface area contributed by atoms with Gasteiger partial charge in [0.15, 0.2) is 0 Å². The predicted octanol–water partition coefficient (Wildman–Crippen LogP) is 3.11. The second-order valence-corrected chi connectivity index (χ2v) is 7.12. The Morgan fingerprint density at radius 1 is 1.32 bits per heavy atom. The van der Waals surface area contributed by atoms with Crippen molar-refractivity contribution in [3.05, 3.63) is 38.6 Å². The standard InChI is InChI=1S/C14H14Cl2N4OS/c15-11-7-10(13(16)22-11)14(21)19-12-2-1-9(8-18-12)20-5-3-17-4-6-20/h1-2,7-8,17H,3-6H2,(H,18,19,21). The summed E-state index contributed by atoms with van der Waals surface area (Å²) < 4.78 is 0.858. The Hall–Kier alpha value is -1.34. The zero-order valence-corrected chi connectivity index (χ0v) is 13.9. The summed E-state index contributed by atoms with van der Waals surface area (Å²) in [5.74, 6) is 0.179. The number of amides is 1. The molecule has 0 saturated carbocycles. The highest BCUT2D eigenvalue weighted by Gasteiger charge is 2.15. The van der Waals surface area contributed by atoms with Gasteiger partial charge in [-0.25, -0.2) is 4.98 Å². The number of rotatable bonds is 3. The Labute approximate surface area is 142 Å². The lowest BCUT2D eigenvalue weighted by molar-refractivity contribution is 0.102. The monoisotopic (exact) mass is 356 g/mol. The molecule has 22 heavy (non-hydrogen) atoms. The molecule has 2 aromatic heterocycles. The van der Waals surface area contributed by atoms with Crippen molar-refractivity contribution in [3.63, 3.8) is 0 Å². The van der Waals surface area contributed by atoms with Gasteiger partial charge in [0.05, 0.1) is 21.8 Å². The summed E-state index contributed by atoms with van der Waals surface area (Å²) >= 11 is 13.0. The van der Waals surface area contributed by atoms with Crippen LogP contribution in [0.25, 0.3) is 0 Å². The number of nitrogens with one attached hydrogen (secondary N) is 2. The summed E-state index contributed by atoms with van der Waals surface area (Å²) in [7, 11) is 0. The summed E-state index contributed by atoms with van der Waals surface area (Å²) in [6.45, 7) is 3.85. The Bertz CT molecular complexity index is 668. The first-order valence-electron chi connectivity index (χ1n) is 6.81. The van der Waals surface area contributed by atoms with Gasteiger partial charge in [0.1, 0.15) is 10.2 Å². The minimum Gasteiger partial charge on any atom is -0.368 e. The maximum Gasteiger partial charge on any atom is 0.259 e. The highest BCUT2D eigenvalue weighted by Crippen LogP contribution is 2.31. The number of hydrogen-bond acceptors (Lipinski definition) is 5. The topological polar surface area (TPSA) is 57.3 Å². The Kier molecular flexibility index (Phi) is 4.83. The molecule has 0 atom stereocenters. The van der Waals surface area contributed by atoms with Gasteiger partial charge >= 0.3 is 0 Å². The Morgan fingerprint density at radius 2 is 2.09 bits per heavy atom. The molecular formula is C14H14Cl2N4OS. The van der Waals surface area contributed by atoms with Crippen molar-refractivity contribution in [2.75, 3.05) is 36.4 Å². The molecule has 0 bridgehead atoms. The third-order valence-corrected chi connectivity index (χ3v) is 4.86. The zero-order valence-electron chi connectivity index (χ0n) is 11.6.